The van der Waals surface area contributed by atoms with Crippen molar-refractivity contribution in [3.63, 3.8) is 0 Å². The molecular weight excluding hydrogens is 277 g/mol. The summed E-state index contributed by atoms with van der Waals surface area (Å²) in [6.45, 7) is 1.92. The average molecular weight is 293 g/mol. The lowest BCUT2D eigenvalue weighted by Gasteiger charge is -2.12. The zero-order valence-corrected chi connectivity index (χ0v) is 12.0. The molecule has 1 aromatic carbocycles. The van der Waals surface area contributed by atoms with Crippen molar-refractivity contribution >= 4 is 17.3 Å². The van der Waals surface area contributed by atoms with Crippen molar-refractivity contribution in [3.8, 4) is 0 Å². The maximum Gasteiger partial charge on any atom is 0.306 e. The minimum Gasteiger partial charge on any atom is -0.481 e. The number of hydrogen-bond donors (Lipinski definition) is 1. The quantitative estimate of drug-likeness (QED) is 0.887. The van der Waals surface area contributed by atoms with Crippen LogP contribution in [0, 0.1) is 18.7 Å². The molecule has 3 nitrogen and oxygen atoms in total. The Kier molecular flexibility index (Phi) is 4.84. The summed E-state index contributed by atoms with van der Waals surface area (Å²) >= 11 is 1.55. The van der Waals surface area contributed by atoms with Crippen LogP contribution in [-0.2, 0) is 17.6 Å². The van der Waals surface area contributed by atoms with Gasteiger partial charge in [-0.1, -0.05) is 12.1 Å². The highest BCUT2D eigenvalue weighted by molar-refractivity contribution is 7.09. The van der Waals surface area contributed by atoms with Gasteiger partial charge in [0.05, 0.1) is 17.1 Å². The summed E-state index contributed by atoms with van der Waals surface area (Å²) in [6.07, 6.45) is 1.59. The topological polar surface area (TPSA) is 50.2 Å². The molecule has 106 valence electrons. The minimum atomic E-state index is -0.837. The van der Waals surface area contributed by atoms with Crippen molar-refractivity contribution in [2.45, 2.75) is 26.2 Å². The van der Waals surface area contributed by atoms with Crippen LogP contribution in [-0.4, -0.2) is 16.1 Å². The van der Waals surface area contributed by atoms with Crippen LogP contribution in [0.25, 0.3) is 0 Å². The third kappa shape index (κ3) is 3.87. The van der Waals surface area contributed by atoms with E-state index >= 15 is 0 Å². The molecule has 0 radical (unpaired) electrons. The zero-order chi connectivity index (χ0) is 14.5. The lowest BCUT2D eigenvalue weighted by atomic mass is 9.94. The molecule has 0 amide bonds. The molecule has 0 aliphatic carbocycles. The van der Waals surface area contributed by atoms with Crippen molar-refractivity contribution in [1.82, 2.24) is 4.98 Å². The number of carboxylic acids is 1. The highest BCUT2D eigenvalue weighted by Crippen LogP contribution is 2.20. The van der Waals surface area contributed by atoms with E-state index in [1.807, 2.05) is 6.92 Å². The number of benzene rings is 1. The van der Waals surface area contributed by atoms with Crippen LogP contribution < -0.4 is 0 Å². The second kappa shape index (κ2) is 6.61. The number of aromatic nitrogens is 1. The number of carboxylic acid groups (broad SMARTS) is 1. The number of carbonyl (C=O) groups is 1. The monoisotopic (exact) mass is 293 g/mol. The first-order chi connectivity index (χ1) is 9.56. The molecule has 0 aliphatic rings. The van der Waals surface area contributed by atoms with Gasteiger partial charge in [-0.25, -0.2) is 9.37 Å². The Bertz CT molecular complexity index is 597. The molecule has 20 heavy (non-hydrogen) atoms. The maximum atomic E-state index is 13.1. The Morgan fingerprint density at radius 3 is 2.90 bits per heavy atom. The van der Waals surface area contributed by atoms with Gasteiger partial charge in [-0.15, -0.1) is 11.3 Å². The first-order valence-electron chi connectivity index (χ1n) is 6.42. The van der Waals surface area contributed by atoms with E-state index in [1.54, 1.807) is 29.0 Å². The summed E-state index contributed by atoms with van der Waals surface area (Å²) in [5.74, 6) is -1.67. The molecule has 2 aromatic rings. The van der Waals surface area contributed by atoms with Crippen LogP contribution in [0.4, 0.5) is 4.39 Å². The van der Waals surface area contributed by atoms with E-state index < -0.39 is 11.9 Å². The molecular formula is C15H16FNO2S. The molecule has 1 unspecified atom stereocenters. The van der Waals surface area contributed by atoms with E-state index in [2.05, 4.69) is 4.98 Å². The molecule has 0 fully saturated rings. The normalized spacial score (nSPS) is 12.3. The summed E-state index contributed by atoms with van der Waals surface area (Å²) in [4.78, 5) is 16.6. The lowest BCUT2D eigenvalue weighted by Crippen LogP contribution is -2.17. The first kappa shape index (κ1) is 14.7. The number of halogens is 1. The van der Waals surface area contributed by atoms with E-state index in [1.165, 1.54) is 12.1 Å². The van der Waals surface area contributed by atoms with Gasteiger partial charge in [-0.05, 0) is 43.9 Å². The molecule has 0 saturated carbocycles. The van der Waals surface area contributed by atoms with Gasteiger partial charge in [0.25, 0.3) is 0 Å². The third-order valence-electron chi connectivity index (χ3n) is 3.29. The van der Waals surface area contributed by atoms with Gasteiger partial charge in [0.15, 0.2) is 0 Å². The molecule has 1 N–H and O–H groups in total. The number of rotatable bonds is 6. The largest absolute Gasteiger partial charge is 0.481 e. The third-order valence-corrected chi connectivity index (χ3v) is 4.28. The van der Waals surface area contributed by atoms with Crippen molar-refractivity contribution in [1.29, 1.82) is 0 Å². The van der Waals surface area contributed by atoms with E-state index in [-0.39, 0.29) is 5.82 Å². The van der Waals surface area contributed by atoms with Gasteiger partial charge < -0.3 is 5.11 Å². The van der Waals surface area contributed by atoms with Crippen LogP contribution in [0.5, 0.6) is 0 Å². The Hall–Kier alpha value is -1.75. The van der Waals surface area contributed by atoms with Crippen LogP contribution >= 0.6 is 11.3 Å². The van der Waals surface area contributed by atoms with Gasteiger partial charge >= 0.3 is 5.97 Å². The van der Waals surface area contributed by atoms with Crippen molar-refractivity contribution in [3.05, 3.63) is 51.7 Å². The summed E-state index contributed by atoms with van der Waals surface area (Å²) in [5.41, 5.74) is 3.45. The number of aliphatic carboxylic acids is 1. The van der Waals surface area contributed by atoms with Crippen LogP contribution in [0.2, 0.25) is 0 Å². The molecule has 2 rings (SSSR count). The smallest absolute Gasteiger partial charge is 0.306 e. The number of aryl methyl sites for hydroxylation is 2. The molecule has 0 spiro atoms. The summed E-state index contributed by atoms with van der Waals surface area (Å²) in [6, 6.07) is 6.13. The predicted molar refractivity (Wildman–Crippen MR) is 76.4 cm³/mol. The highest BCUT2D eigenvalue weighted by atomic mass is 32.1. The van der Waals surface area contributed by atoms with E-state index in [0.29, 0.717) is 19.3 Å². The Morgan fingerprint density at radius 1 is 1.50 bits per heavy atom. The van der Waals surface area contributed by atoms with Crippen molar-refractivity contribution in [2.24, 2.45) is 5.92 Å². The average Bonchev–Trinajstić information content (AvgIpc) is 2.80. The fourth-order valence-electron chi connectivity index (χ4n) is 2.13. The Morgan fingerprint density at radius 2 is 2.30 bits per heavy atom. The van der Waals surface area contributed by atoms with Crippen LogP contribution in [0.15, 0.2) is 29.8 Å². The molecule has 1 atom stereocenters. The summed E-state index contributed by atoms with van der Waals surface area (Å²) in [7, 11) is 0. The fraction of sp³-hybridized carbons (Fsp3) is 0.333. The number of hydrogen-bond acceptors (Lipinski definition) is 3. The molecule has 5 heteroatoms. The van der Waals surface area contributed by atoms with Crippen molar-refractivity contribution < 1.29 is 14.3 Å². The number of nitrogens with zero attached hydrogens (tertiary/aromatic N) is 1. The van der Waals surface area contributed by atoms with Gasteiger partial charge in [-0.2, -0.15) is 0 Å². The van der Waals surface area contributed by atoms with Gasteiger partial charge in [0, 0.05) is 4.88 Å². The number of thiazole rings is 1. The minimum absolute atomic E-state index is 0.329. The molecule has 0 bridgehead atoms. The van der Waals surface area contributed by atoms with E-state index in [0.717, 1.165) is 16.1 Å². The molecule has 0 aliphatic heterocycles. The predicted octanol–water partition coefficient (Wildman–Crippen LogP) is 3.47. The van der Waals surface area contributed by atoms with Crippen LogP contribution in [0.1, 0.15) is 22.6 Å². The molecule has 0 saturated heterocycles. The Labute approximate surface area is 121 Å². The van der Waals surface area contributed by atoms with Gasteiger partial charge in [0.1, 0.15) is 5.82 Å². The van der Waals surface area contributed by atoms with Gasteiger partial charge in [-0.3, -0.25) is 4.79 Å². The fourth-order valence-corrected chi connectivity index (χ4v) is 2.93. The summed E-state index contributed by atoms with van der Waals surface area (Å²) < 4.78 is 13.1. The molecule has 1 heterocycles. The van der Waals surface area contributed by atoms with Gasteiger partial charge in [0.2, 0.25) is 0 Å². The van der Waals surface area contributed by atoms with Crippen LogP contribution in [0.3, 0.4) is 0 Å². The summed E-state index contributed by atoms with van der Waals surface area (Å²) in [5, 5.41) is 9.30. The second-order valence-electron chi connectivity index (χ2n) is 4.77. The van der Waals surface area contributed by atoms with E-state index in [9.17, 15) is 14.3 Å². The standard InChI is InChI=1S/C15H16FNO2S/c1-10-14(20-9-17-10)6-5-12(15(18)19)7-11-3-2-4-13(16)8-11/h2-4,8-9,12H,5-7H2,1H3,(H,18,19). The van der Waals surface area contributed by atoms with E-state index in [4.69, 9.17) is 0 Å². The second-order valence-corrected chi connectivity index (χ2v) is 5.71. The lowest BCUT2D eigenvalue weighted by molar-refractivity contribution is -0.141. The molecule has 1 aromatic heterocycles. The zero-order valence-electron chi connectivity index (χ0n) is 11.2. The maximum absolute atomic E-state index is 13.1. The Balaban J connectivity index is 2.01. The SMILES string of the molecule is Cc1ncsc1CCC(Cc1cccc(F)c1)C(=O)O. The highest BCUT2D eigenvalue weighted by Gasteiger charge is 2.19. The first-order valence-corrected chi connectivity index (χ1v) is 7.30. The van der Waals surface area contributed by atoms with Crippen molar-refractivity contribution in [2.75, 3.05) is 0 Å².